The van der Waals surface area contributed by atoms with E-state index in [0.29, 0.717) is 25.3 Å². The Morgan fingerprint density at radius 2 is 2.12 bits per heavy atom. The first-order chi connectivity index (χ1) is 8.25. The highest BCUT2D eigenvalue weighted by Gasteiger charge is 2.07. The van der Waals surface area contributed by atoms with Crippen molar-refractivity contribution >= 4 is 21.8 Å². The molecule has 0 aliphatic rings. The highest BCUT2D eigenvalue weighted by atomic mass is 79.9. The molecule has 1 rings (SSSR count). The average molecular weight is 302 g/mol. The molecule has 0 aliphatic heterocycles. The summed E-state index contributed by atoms with van der Waals surface area (Å²) in [5.41, 5.74) is 0.628. The number of amides is 1. The van der Waals surface area contributed by atoms with Gasteiger partial charge < -0.3 is 15.2 Å². The standard InChI is InChI=1S/C12H16BrNO3/c13-11-5-2-1-4-10(11)12(16)14-6-3-8-17-9-7-15/h1-2,4-5,15H,3,6-9H2,(H,14,16). The van der Waals surface area contributed by atoms with Gasteiger partial charge in [0, 0.05) is 17.6 Å². The van der Waals surface area contributed by atoms with Gasteiger partial charge in [-0.15, -0.1) is 0 Å². The van der Waals surface area contributed by atoms with Gasteiger partial charge in [0.05, 0.1) is 18.8 Å². The Morgan fingerprint density at radius 1 is 1.35 bits per heavy atom. The van der Waals surface area contributed by atoms with Crippen LogP contribution in [0.4, 0.5) is 0 Å². The number of hydrogen-bond acceptors (Lipinski definition) is 3. The van der Waals surface area contributed by atoms with E-state index in [0.717, 1.165) is 10.9 Å². The number of benzene rings is 1. The lowest BCUT2D eigenvalue weighted by molar-refractivity contribution is 0.0867. The van der Waals surface area contributed by atoms with Crippen molar-refractivity contribution in [3.05, 3.63) is 34.3 Å². The minimum atomic E-state index is -0.0976. The van der Waals surface area contributed by atoms with E-state index < -0.39 is 0 Å². The summed E-state index contributed by atoms with van der Waals surface area (Å²) in [5.74, 6) is -0.0976. The molecular formula is C12H16BrNO3. The number of hydrogen-bond donors (Lipinski definition) is 2. The van der Waals surface area contributed by atoms with Gasteiger partial charge in [0.2, 0.25) is 0 Å². The number of nitrogens with one attached hydrogen (secondary N) is 1. The fourth-order valence-electron chi connectivity index (χ4n) is 1.28. The second-order valence-corrected chi connectivity index (χ2v) is 4.28. The maximum absolute atomic E-state index is 11.7. The van der Waals surface area contributed by atoms with Crippen molar-refractivity contribution in [1.82, 2.24) is 5.32 Å². The monoisotopic (exact) mass is 301 g/mol. The third-order valence-corrected chi connectivity index (χ3v) is 2.80. The van der Waals surface area contributed by atoms with Gasteiger partial charge in [-0.1, -0.05) is 12.1 Å². The Labute approximate surface area is 109 Å². The molecule has 0 aromatic heterocycles. The largest absolute Gasteiger partial charge is 0.394 e. The van der Waals surface area contributed by atoms with Gasteiger partial charge in [0.25, 0.3) is 5.91 Å². The van der Waals surface area contributed by atoms with E-state index in [9.17, 15) is 4.79 Å². The van der Waals surface area contributed by atoms with E-state index in [4.69, 9.17) is 9.84 Å². The molecule has 17 heavy (non-hydrogen) atoms. The Bertz CT molecular complexity index is 357. The summed E-state index contributed by atoms with van der Waals surface area (Å²) in [6.07, 6.45) is 0.732. The lowest BCUT2D eigenvalue weighted by Gasteiger charge is -2.06. The molecule has 1 aromatic carbocycles. The SMILES string of the molecule is O=C(NCCCOCCO)c1ccccc1Br. The molecule has 5 heteroatoms. The zero-order chi connectivity index (χ0) is 12.5. The molecule has 94 valence electrons. The van der Waals surface area contributed by atoms with E-state index in [-0.39, 0.29) is 12.5 Å². The van der Waals surface area contributed by atoms with Crippen molar-refractivity contribution in [3.63, 3.8) is 0 Å². The highest BCUT2D eigenvalue weighted by molar-refractivity contribution is 9.10. The number of halogens is 1. The molecule has 2 N–H and O–H groups in total. The second-order valence-electron chi connectivity index (χ2n) is 3.43. The van der Waals surface area contributed by atoms with Crippen molar-refractivity contribution in [2.75, 3.05) is 26.4 Å². The quantitative estimate of drug-likeness (QED) is 0.752. The van der Waals surface area contributed by atoms with Crippen LogP contribution >= 0.6 is 15.9 Å². The molecule has 0 bridgehead atoms. The van der Waals surface area contributed by atoms with Crippen molar-refractivity contribution in [3.8, 4) is 0 Å². The van der Waals surface area contributed by atoms with Crippen LogP contribution < -0.4 is 5.32 Å². The molecule has 4 nitrogen and oxygen atoms in total. The summed E-state index contributed by atoms with van der Waals surface area (Å²) in [7, 11) is 0. The first kappa shape index (κ1) is 14.2. The van der Waals surface area contributed by atoms with Crippen LogP contribution in [0.3, 0.4) is 0 Å². The zero-order valence-electron chi connectivity index (χ0n) is 9.49. The van der Waals surface area contributed by atoms with Crippen LogP contribution in [0.1, 0.15) is 16.8 Å². The maximum atomic E-state index is 11.7. The normalized spacial score (nSPS) is 10.2. The molecule has 0 fully saturated rings. The Balaban J connectivity index is 2.24. The average Bonchev–Trinajstić information content (AvgIpc) is 2.34. The van der Waals surface area contributed by atoms with Crippen molar-refractivity contribution in [1.29, 1.82) is 0 Å². The molecule has 0 radical (unpaired) electrons. The van der Waals surface area contributed by atoms with Crippen molar-refractivity contribution < 1.29 is 14.6 Å². The van der Waals surface area contributed by atoms with E-state index in [1.54, 1.807) is 6.07 Å². The van der Waals surface area contributed by atoms with Crippen LogP contribution in [0.5, 0.6) is 0 Å². The maximum Gasteiger partial charge on any atom is 0.252 e. The number of aliphatic hydroxyl groups excluding tert-OH is 1. The first-order valence-electron chi connectivity index (χ1n) is 5.47. The van der Waals surface area contributed by atoms with E-state index >= 15 is 0 Å². The predicted octanol–water partition coefficient (Wildman–Crippen LogP) is 1.58. The summed E-state index contributed by atoms with van der Waals surface area (Å²) >= 11 is 3.33. The topological polar surface area (TPSA) is 58.6 Å². The van der Waals surface area contributed by atoms with Gasteiger partial charge >= 0.3 is 0 Å². The first-order valence-corrected chi connectivity index (χ1v) is 6.26. The minimum Gasteiger partial charge on any atom is -0.394 e. The third-order valence-electron chi connectivity index (χ3n) is 2.11. The summed E-state index contributed by atoms with van der Waals surface area (Å²) in [6, 6.07) is 7.29. The second kappa shape index (κ2) is 8.22. The summed E-state index contributed by atoms with van der Waals surface area (Å²) < 4.78 is 5.87. The van der Waals surface area contributed by atoms with E-state index in [1.165, 1.54) is 0 Å². The van der Waals surface area contributed by atoms with Crippen LogP contribution in [-0.2, 0) is 4.74 Å². The fraction of sp³-hybridized carbons (Fsp3) is 0.417. The molecule has 0 atom stereocenters. The Hall–Kier alpha value is -0.910. The van der Waals surface area contributed by atoms with Crippen LogP contribution in [-0.4, -0.2) is 37.4 Å². The number of ether oxygens (including phenoxy) is 1. The summed E-state index contributed by atoms with van der Waals surface area (Å²) in [4.78, 5) is 11.7. The number of carbonyl (C=O) groups is 1. The highest BCUT2D eigenvalue weighted by Crippen LogP contribution is 2.15. The molecule has 0 unspecified atom stereocenters. The third kappa shape index (κ3) is 5.30. The van der Waals surface area contributed by atoms with Crippen LogP contribution in [0, 0.1) is 0 Å². The molecular weight excluding hydrogens is 286 g/mol. The number of rotatable bonds is 7. The van der Waals surface area contributed by atoms with Gasteiger partial charge in [-0.2, -0.15) is 0 Å². The zero-order valence-corrected chi connectivity index (χ0v) is 11.1. The lowest BCUT2D eigenvalue weighted by atomic mass is 10.2. The molecule has 0 saturated carbocycles. The van der Waals surface area contributed by atoms with Crippen LogP contribution in [0.15, 0.2) is 28.7 Å². The molecule has 1 amide bonds. The van der Waals surface area contributed by atoms with Gasteiger partial charge in [-0.3, -0.25) is 4.79 Å². The fourth-order valence-corrected chi connectivity index (χ4v) is 1.75. The van der Waals surface area contributed by atoms with Gasteiger partial charge in [0.15, 0.2) is 0 Å². The van der Waals surface area contributed by atoms with Crippen molar-refractivity contribution in [2.24, 2.45) is 0 Å². The smallest absolute Gasteiger partial charge is 0.252 e. The molecule has 0 aliphatic carbocycles. The van der Waals surface area contributed by atoms with Gasteiger partial charge in [-0.25, -0.2) is 0 Å². The Kier molecular flexibility index (Phi) is 6.84. The Morgan fingerprint density at radius 3 is 2.82 bits per heavy atom. The number of aliphatic hydroxyl groups is 1. The molecule has 1 aromatic rings. The minimum absolute atomic E-state index is 0.0311. The molecule has 0 saturated heterocycles. The summed E-state index contributed by atoms with van der Waals surface area (Å²) in [5, 5.41) is 11.3. The van der Waals surface area contributed by atoms with E-state index in [1.807, 2.05) is 18.2 Å². The lowest BCUT2D eigenvalue weighted by Crippen LogP contribution is -2.25. The number of carbonyl (C=O) groups excluding carboxylic acids is 1. The van der Waals surface area contributed by atoms with Crippen LogP contribution in [0.25, 0.3) is 0 Å². The van der Waals surface area contributed by atoms with E-state index in [2.05, 4.69) is 21.2 Å². The van der Waals surface area contributed by atoms with Gasteiger partial charge in [-0.05, 0) is 34.5 Å². The molecule has 0 heterocycles. The van der Waals surface area contributed by atoms with Gasteiger partial charge in [0.1, 0.15) is 0 Å². The summed E-state index contributed by atoms with van der Waals surface area (Å²) in [6.45, 7) is 1.48. The van der Waals surface area contributed by atoms with Crippen LogP contribution in [0.2, 0.25) is 0 Å². The predicted molar refractivity (Wildman–Crippen MR) is 69.0 cm³/mol. The molecule has 0 spiro atoms. The van der Waals surface area contributed by atoms with Crippen molar-refractivity contribution in [2.45, 2.75) is 6.42 Å².